The van der Waals surface area contributed by atoms with E-state index in [2.05, 4.69) is 5.73 Å². The van der Waals surface area contributed by atoms with Gasteiger partial charge in [0.1, 0.15) is 6.61 Å². The molecule has 3 atom stereocenters. The topological polar surface area (TPSA) is 89.7 Å². The molecule has 2 amide bonds. The molecule has 9 heteroatoms. The van der Waals surface area contributed by atoms with E-state index in [1.807, 2.05) is 80.3 Å². The predicted octanol–water partition coefficient (Wildman–Crippen LogP) is 5.40. The van der Waals surface area contributed by atoms with Crippen LogP contribution in [0.5, 0.6) is 0 Å². The molecule has 1 aliphatic carbocycles. The molecule has 198 valence electrons. The highest BCUT2D eigenvalue weighted by Crippen LogP contribution is 2.40. The third-order valence-electron chi connectivity index (χ3n) is 5.64. The van der Waals surface area contributed by atoms with Crippen molar-refractivity contribution in [3.63, 3.8) is 0 Å². The smallest absolute Gasteiger partial charge is 0.249 e. The van der Waals surface area contributed by atoms with Crippen LogP contribution in [0.25, 0.3) is 0 Å². The number of hydrogen-bond donors (Lipinski definition) is 1. The van der Waals surface area contributed by atoms with Gasteiger partial charge in [-0.25, -0.2) is 0 Å². The number of rotatable bonds is 5. The fourth-order valence-corrected chi connectivity index (χ4v) is 5.20. The van der Waals surface area contributed by atoms with E-state index < -0.39 is 10.8 Å². The molecule has 36 heavy (non-hydrogen) atoms. The van der Waals surface area contributed by atoms with Crippen molar-refractivity contribution in [3.05, 3.63) is 70.2 Å². The van der Waals surface area contributed by atoms with Crippen molar-refractivity contribution >= 4 is 45.8 Å². The SMILES string of the molecule is CC(C)(C)S(=O)CC(C1CC1)N1C(=O)COCC1c1ccc(Cl)cc1.CC(N)=O.Clc1ccccc1. The molecule has 1 saturated heterocycles. The third-order valence-corrected chi connectivity index (χ3v) is 8.16. The summed E-state index contributed by atoms with van der Waals surface area (Å²) in [6, 6.07) is 16.9. The average Bonchev–Trinajstić information content (AvgIpc) is 3.63. The number of carbonyl (C=O) groups excluding carboxylic acids is 2. The summed E-state index contributed by atoms with van der Waals surface area (Å²) in [5.74, 6) is 0.640. The maximum atomic E-state index is 12.8. The second kappa shape index (κ2) is 14.1. The first kappa shape index (κ1) is 30.3. The number of morpholine rings is 1. The highest BCUT2D eigenvalue weighted by atomic mass is 35.5. The summed E-state index contributed by atoms with van der Waals surface area (Å²) in [6.45, 7) is 7.86. The van der Waals surface area contributed by atoms with Gasteiger partial charge in [0.2, 0.25) is 11.8 Å². The van der Waals surface area contributed by atoms with Gasteiger partial charge in [0.15, 0.2) is 0 Å². The molecular weight excluding hydrogens is 519 g/mol. The summed E-state index contributed by atoms with van der Waals surface area (Å²) in [5.41, 5.74) is 5.49. The van der Waals surface area contributed by atoms with E-state index in [1.165, 1.54) is 6.92 Å². The fraction of sp³-hybridized carbons (Fsp3) is 0.481. The quantitative estimate of drug-likeness (QED) is 0.535. The Balaban J connectivity index is 0.000000344. The summed E-state index contributed by atoms with van der Waals surface area (Å²) >= 11 is 11.5. The Morgan fingerprint density at radius 1 is 1.08 bits per heavy atom. The van der Waals surface area contributed by atoms with Gasteiger partial charge >= 0.3 is 0 Å². The van der Waals surface area contributed by atoms with Crippen LogP contribution in [-0.2, 0) is 25.1 Å². The lowest BCUT2D eigenvalue weighted by atomic mass is 10.0. The average molecular weight is 556 g/mol. The fourth-order valence-electron chi connectivity index (χ4n) is 3.69. The van der Waals surface area contributed by atoms with Crippen LogP contribution in [0.2, 0.25) is 10.0 Å². The number of benzene rings is 2. The normalized spacial score (nSPS) is 19.2. The number of carbonyl (C=O) groups is 2. The van der Waals surface area contributed by atoms with Crippen molar-refractivity contribution < 1.29 is 18.5 Å². The van der Waals surface area contributed by atoms with Crippen LogP contribution in [0.1, 0.15) is 52.1 Å². The van der Waals surface area contributed by atoms with E-state index in [-0.39, 0.29) is 35.3 Å². The number of halogens is 2. The summed E-state index contributed by atoms with van der Waals surface area (Å²) < 4.78 is 18.0. The number of hydrogen-bond acceptors (Lipinski definition) is 4. The largest absolute Gasteiger partial charge is 0.370 e. The molecule has 1 heterocycles. The Morgan fingerprint density at radius 3 is 2.06 bits per heavy atom. The lowest BCUT2D eigenvalue weighted by Gasteiger charge is -2.42. The van der Waals surface area contributed by atoms with Crippen molar-refractivity contribution in [1.29, 1.82) is 0 Å². The maximum Gasteiger partial charge on any atom is 0.249 e. The van der Waals surface area contributed by atoms with E-state index in [9.17, 15) is 13.8 Å². The Kier molecular flexibility index (Phi) is 11.9. The summed E-state index contributed by atoms with van der Waals surface area (Å²) in [6.07, 6.45) is 2.20. The summed E-state index contributed by atoms with van der Waals surface area (Å²) in [5, 5.41) is 1.47. The Labute approximate surface area is 226 Å². The van der Waals surface area contributed by atoms with Crippen molar-refractivity contribution in [1.82, 2.24) is 4.90 Å². The Hall–Kier alpha value is -1.93. The van der Waals surface area contributed by atoms with Crippen LogP contribution in [0.15, 0.2) is 54.6 Å². The van der Waals surface area contributed by atoms with Crippen LogP contribution in [0.4, 0.5) is 0 Å². The van der Waals surface area contributed by atoms with Gasteiger partial charge in [-0.05, 0) is 69.4 Å². The maximum absolute atomic E-state index is 12.8. The molecular formula is C27H36Cl2N2O4S. The van der Waals surface area contributed by atoms with Crippen molar-refractivity contribution in [2.24, 2.45) is 11.7 Å². The zero-order valence-electron chi connectivity index (χ0n) is 21.3. The van der Waals surface area contributed by atoms with Gasteiger partial charge in [0.05, 0.1) is 12.6 Å². The van der Waals surface area contributed by atoms with E-state index in [1.54, 1.807) is 0 Å². The lowest BCUT2D eigenvalue weighted by Crippen LogP contribution is -2.53. The number of ether oxygens (including phenoxy) is 1. The molecule has 0 bridgehead atoms. The van der Waals surface area contributed by atoms with Crippen LogP contribution in [0, 0.1) is 5.92 Å². The lowest BCUT2D eigenvalue weighted by molar-refractivity contribution is -0.152. The molecule has 2 aromatic rings. The van der Waals surface area contributed by atoms with Gasteiger partial charge in [-0.3, -0.25) is 13.8 Å². The van der Waals surface area contributed by atoms with Gasteiger partial charge in [-0.1, -0.05) is 53.5 Å². The first-order valence-corrected chi connectivity index (χ1v) is 14.0. The number of amides is 2. The van der Waals surface area contributed by atoms with Crippen LogP contribution < -0.4 is 5.73 Å². The molecule has 1 aliphatic heterocycles. The van der Waals surface area contributed by atoms with Crippen LogP contribution in [0.3, 0.4) is 0 Å². The molecule has 4 rings (SSSR count). The zero-order valence-corrected chi connectivity index (χ0v) is 23.6. The van der Waals surface area contributed by atoms with Crippen molar-refractivity contribution in [2.45, 2.75) is 57.4 Å². The highest BCUT2D eigenvalue weighted by Gasteiger charge is 2.44. The highest BCUT2D eigenvalue weighted by molar-refractivity contribution is 7.86. The molecule has 1 saturated carbocycles. The first-order valence-electron chi connectivity index (χ1n) is 11.9. The van der Waals surface area contributed by atoms with E-state index >= 15 is 0 Å². The van der Waals surface area contributed by atoms with Gasteiger partial charge in [0, 0.05) is 44.3 Å². The second-order valence-electron chi connectivity index (χ2n) is 9.82. The van der Waals surface area contributed by atoms with Gasteiger partial charge < -0.3 is 15.4 Å². The van der Waals surface area contributed by atoms with Gasteiger partial charge in [-0.2, -0.15) is 0 Å². The number of primary amides is 1. The minimum absolute atomic E-state index is 0.00555. The molecule has 0 spiro atoms. The monoisotopic (exact) mass is 554 g/mol. The van der Waals surface area contributed by atoms with E-state index in [0.29, 0.717) is 23.3 Å². The predicted molar refractivity (Wildman–Crippen MR) is 147 cm³/mol. The molecule has 0 radical (unpaired) electrons. The molecule has 2 N–H and O–H groups in total. The standard InChI is InChI=1S/C19H26ClNO3S.C6H5Cl.C2H5NO/c1-19(2,3)25(23)12-17(14-4-5-14)21-16(10-24-11-18(21)22)13-6-8-15(20)9-7-13;7-6-4-2-1-3-5-6;1-2(3)4/h6-9,14,16-17H,4-5,10-12H2,1-3H3;1-5H;1H3,(H2,3,4). The second-order valence-corrected chi connectivity index (χ2v) is 12.9. The summed E-state index contributed by atoms with van der Waals surface area (Å²) in [7, 11) is -0.995. The number of nitrogens with two attached hydrogens (primary N) is 1. The molecule has 2 aromatic carbocycles. The van der Waals surface area contributed by atoms with Crippen molar-refractivity contribution in [2.75, 3.05) is 19.0 Å². The molecule has 3 unspecified atom stereocenters. The Bertz CT molecular complexity index is 1000. The molecule has 2 fully saturated rings. The van der Waals surface area contributed by atoms with E-state index in [4.69, 9.17) is 27.9 Å². The van der Waals surface area contributed by atoms with Crippen LogP contribution >= 0.6 is 23.2 Å². The van der Waals surface area contributed by atoms with Crippen LogP contribution in [-0.4, -0.2) is 50.7 Å². The molecule has 2 aliphatic rings. The summed E-state index contributed by atoms with van der Waals surface area (Å²) in [4.78, 5) is 23.9. The zero-order chi connectivity index (χ0) is 26.9. The first-order chi connectivity index (χ1) is 16.9. The minimum Gasteiger partial charge on any atom is -0.370 e. The molecule has 0 aromatic heterocycles. The number of nitrogens with zero attached hydrogens (tertiary/aromatic N) is 1. The molecule has 6 nitrogen and oxygen atoms in total. The van der Waals surface area contributed by atoms with Gasteiger partial charge in [-0.15, -0.1) is 0 Å². The third kappa shape index (κ3) is 10.2. The minimum atomic E-state index is -0.995. The van der Waals surface area contributed by atoms with Crippen molar-refractivity contribution in [3.8, 4) is 0 Å². The Morgan fingerprint density at radius 2 is 1.61 bits per heavy atom. The van der Waals surface area contributed by atoms with E-state index in [0.717, 1.165) is 23.4 Å². The van der Waals surface area contributed by atoms with Gasteiger partial charge in [0.25, 0.3) is 0 Å².